The van der Waals surface area contributed by atoms with Crippen LogP contribution in [-0.4, -0.2) is 0 Å². The number of hydrogen-bond donors (Lipinski definition) is 0. The van der Waals surface area contributed by atoms with Gasteiger partial charge >= 0.3 is 0 Å². The van der Waals surface area contributed by atoms with Crippen molar-refractivity contribution in [1.82, 2.24) is 0 Å². The Balaban J connectivity index is 1.22. The summed E-state index contributed by atoms with van der Waals surface area (Å²) in [5, 5.41) is 4.67. The average Bonchev–Trinajstić information content (AvgIpc) is 3.66. The highest BCUT2D eigenvalue weighted by atomic mass is 16.3. The molecule has 0 N–H and O–H groups in total. The van der Waals surface area contributed by atoms with Gasteiger partial charge in [-0.2, -0.15) is 0 Å². The third kappa shape index (κ3) is 4.64. The van der Waals surface area contributed by atoms with E-state index in [1.54, 1.807) is 0 Å². The lowest BCUT2D eigenvalue weighted by Crippen LogP contribution is -2.17. The van der Waals surface area contributed by atoms with Crippen LogP contribution in [-0.2, 0) is 5.41 Å². The number of fused-ring (bicyclic) bond motifs is 7. The summed E-state index contributed by atoms with van der Waals surface area (Å²) in [5.41, 5.74) is 15.1. The Morgan fingerprint density at radius 2 is 1.08 bits per heavy atom. The summed E-state index contributed by atoms with van der Waals surface area (Å²) in [6.07, 6.45) is 0. The van der Waals surface area contributed by atoms with Gasteiger partial charge in [0.25, 0.3) is 0 Å². The third-order valence-electron chi connectivity index (χ3n) is 10.9. The molecule has 10 rings (SSSR count). The lowest BCUT2D eigenvalue weighted by Gasteiger charge is -2.30. The highest BCUT2D eigenvalue weighted by molar-refractivity contribution is 6.10. The topological polar surface area (TPSA) is 16.4 Å². The van der Waals surface area contributed by atoms with Crippen molar-refractivity contribution < 1.29 is 4.42 Å². The van der Waals surface area contributed by atoms with E-state index >= 15 is 0 Å². The minimum atomic E-state index is -0.122. The SMILES string of the molecule is CC1(C)c2ccccc2-c2ccc(N(c3ccc(-c4ccccc4)cc3)c3ccc4ccccc4c3-c3ccc4c(c3)oc3ccccc34)cc21. The van der Waals surface area contributed by atoms with Gasteiger partial charge < -0.3 is 9.32 Å². The predicted octanol–water partition coefficient (Wildman–Crippen LogP) is 13.8. The molecule has 0 atom stereocenters. The molecule has 8 aromatic carbocycles. The number of nitrogens with zero attached hydrogens (tertiary/aromatic N) is 1. The van der Waals surface area contributed by atoms with Gasteiger partial charge in [-0.25, -0.2) is 0 Å². The molecule has 0 fully saturated rings. The Morgan fingerprint density at radius 1 is 0.431 bits per heavy atom. The normalized spacial score (nSPS) is 13.1. The van der Waals surface area contributed by atoms with Crippen LogP contribution in [0.4, 0.5) is 17.1 Å². The van der Waals surface area contributed by atoms with Crippen LogP contribution in [0, 0.1) is 0 Å². The van der Waals surface area contributed by atoms with Crippen LogP contribution in [0.2, 0.25) is 0 Å². The number of hydrogen-bond acceptors (Lipinski definition) is 2. The van der Waals surface area contributed by atoms with Crippen molar-refractivity contribution in [3.05, 3.63) is 187 Å². The fourth-order valence-electron chi connectivity index (χ4n) is 8.32. The van der Waals surface area contributed by atoms with Gasteiger partial charge in [-0.05, 0) is 98.2 Å². The minimum absolute atomic E-state index is 0.122. The van der Waals surface area contributed by atoms with Crippen LogP contribution in [0.5, 0.6) is 0 Å². The van der Waals surface area contributed by atoms with Gasteiger partial charge in [0.2, 0.25) is 0 Å². The van der Waals surface area contributed by atoms with Crippen molar-refractivity contribution in [2.24, 2.45) is 0 Å². The molecule has 1 aromatic heterocycles. The van der Waals surface area contributed by atoms with E-state index in [4.69, 9.17) is 4.42 Å². The molecule has 2 heteroatoms. The number of anilines is 3. The Hall–Kier alpha value is -6.38. The first-order valence-corrected chi connectivity index (χ1v) is 17.7. The molecule has 0 amide bonds. The molecule has 1 aliphatic rings. The summed E-state index contributed by atoms with van der Waals surface area (Å²) in [6.45, 7) is 4.70. The molecule has 242 valence electrons. The van der Waals surface area contributed by atoms with Crippen LogP contribution in [0.25, 0.3) is 66.1 Å². The zero-order valence-corrected chi connectivity index (χ0v) is 28.6. The van der Waals surface area contributed by atoms with Crippen molar-refractivity contribution in [2.75, 3.05) is 4.90 Å². The van der Waals surface area contributed by atoms with E-state index in [-0.39, 0.29) is 5.41 Å². The number of para-hydroxylation sites is 1. The van der Waals surface area contributed by atoms with E-state index in [0.717, 1.165) is 44.6 Å². The standard InChI is InChI=1S/C49H35NO/c1-49(2)43-18-10-8-16-39(43)40-28-26-37(31-44(40)49)50(36-24-20-33(21-25-36)32-12-4-3-5-13-32)45-29-23-34-14-6-7-15-38(34)48(45)35-22-27-42-41-17-9-11-19-46(41)51-47(42)30-35/h3-31H,1-2H3. The third-order valence-corrected chi connectivity index (χ3v) is 10.9. The fourth-order valence-corrected chi connectivity index (χ4v) is 8.32. The molecule has 0 aliphatic heterocycles. The maximum Gasteiger partial charge on any atom is 0.136 e. The Morgan fingerprint density at radius 3 is 1.94 bits per heavy atom. The van der Waals surface area contributed by atoms with Crippen LogP contribution in [0.15, 0.2) is 180 Å². The van der Waals surface area contributed by atoms with Gasteiger partial charge in [0.15, 0.2) is 0 Å². The fraction of sp³-hybridized carbons (Fsp3) is 0.0612. The summed E-state index contributed by atoms with van der Waals surface area (Å²) >= 11 is 0. The second kappa shape index (κ2) is 11.3. The number of furan rings is 1. The van der Waals surface area contributed by atoms with E-state index in [9.17, 15) is 0 Å². The van der Waals surface area contributed by atoms with E-state index in [1.165, 1.54) is 49.7 Å². The molecule has 51 heavy (non-hydrogen) atoms. The maximum atomic E-state index is 6.44. The highest BCUT2D eigenvalue weighted by Gasteiger charge is 2.36. The molecular formula is C49H35NO. The Bertz CT molecular complexity index is 2770. The smallest absolute Gasteiger partial charge is 0.136 e. The van der Waals surface area contributed by atoms with Gasteiger partial charge in [0.05, 0.1) is 5.69 Å². The first-order chi connectivity index (χ1) is 25.0. The molecule has 0 saturated heterocycles. The second-order valence-corrected chi connectivity index (χ2v) is 14.1. The highest BCUT2D eigenvalue weighted by Crippen LogP contribution is 2.52. The minimum Gasteiger partial charge on any atom is -0.456 e. The van der Waals surface area contributed by atoms with Crippen LogP contribution in [0.1, 0.15) is 25.0 Å². The molecule has 1 heterocycles. The Kier molecular flexibility index (Phi) is 6.56. The van der Waals surface area contributed by atoms with Gasteiger partial charge in [-0.1, -0.05) is 141 Å². The maximum absolute atomic E-state index is 6.44. The van der Waals surface area contributed by atoms with E-state index in [0.29, 0.717) is 0 Å². The van der Waals surface area contributed by atoms with Gasteiger partial charge in [-0.3, -0.25) is 0 Å². The van der Waals surface area contributed by atoms with Gasteiger partial charge in [0, 0.05) is 33.1 Å². The Labute approximate surface area is 297 Å². The average molecular weight is 654 g/mol. The molecule has 1 aliphatic carbocycles. The molecule has 0 unspecified atom stereocenters. The van der Waals surface area contributed by atoms with Crippen LogP contribution in [0.3, 0.4) is 0 Å². The van der Waals surface area contributed by atoms with E-state index < -0.39 is 0 Å². The van der Waals surface area contributed by atoms with Crippen molar-refractivity contribution in [1.29, 1.82) is 0 Å². The zero-order valence-electron chi connectivity index (χ0n) is 28.6. The monoisotopic (exact) mass is 653 g/mol. The summed E-state index contributed by atoms with van der Waals surface area (Å²) in [7, 11) is 0. The summed E-state index contributed by atoms with van der Waals surface area (Å²) in [4.78, 5) is 2.44. The molecule has 0 radical (unpaired) electrons. The first kappa shape index (κ1) is 29.5. The largest absolute Gasteiger partial charge is 0.456 e. The lowest BCUT2D eigenvalue weighted by molar-refractivity contribution is 0.660. The molecule has 2 nitrogen and oxygen atoms in total. The molecular weight excluding hydrogens is 619 g/mol. The van der Waals surface area contributed by atoms with Crippen molar-refractivity contribution in [3.8, 4) is 33.4 Å². The van der Waals surface area contributed by atoms with Crippen molar-refractivity contribution >= 4 is 49.8 Å². The van der Waals surface area contributed by atoms with Crippen LogP contribution < -0.4 is 4.90 Å². The first-order valence-electron chi connectivity index (χ1n) is 17.7. The quantitative estimate of drug-likeness (QED) is 0.184. The number of rotatable bonds is 5. The molecule has 0 bridgehead atoms. The number of benzene rings is 8. The lowest BCUT2D eigenvalue weighted by atomic mass is 9.82. The zero-order chi connectivity index (χ0) is 34.1. The van der Waals surface area contributed by atoms with Crippen LogP contribution >= 0.6 is 0 Å². The molecule has 9 aromatic rings. The molecule has 0 spiro atoms. The van der Waals surface area contributed by atoms with Gasteiger partial charge in [0.1, 0.15) is 11.2 Å². The summed E-state index contributed by atoms with van der Waals surface area (Å²) in [6, 6.07) is 63.8. The second-order valence-electron chi connectivity index (χ2n) is 14.1. The van der Waals surface area contributed by atoms with E-state index in [2.05, 4.69) is 183 Å². The predicted molar refractivity (Wildman–Crippen MR) is 214 cm³/mol. The van der Waals surface area contributed by atoms with Crippen molar-refractivity contribution in [2.45, 2.75) is 19.3 Å². The molecule has 0 saturated carbocycles. The van der Waals surface area contributed by atoms with Gasteiger partial charge in [-0.15, -0.1) is 0 Å². The van der Waals surface area contributed by atoms with E-state index in [1.807, 2.05) is 12.1 Å². The summed E-state index contributed by atoms with van der Waals surface area (Å²) in [5.74, 6) is 0. The summed E-state index contributed by atoms with van der Waals surface area (Å²) < 4.78 is 6.44. The van der Waals surface area contributed by atoms with Crippen molar-refractivity contribution in [3.63, 3.8) is 0 Å².